The molecular weight excluding hydrogens is 268 g/mol. The van der Waals surface area contributed by atoms with Crippen LogP contribution < -0.4 is 10.2 Å². The van der Waals surface area contributed by atoms with Crippen molar-refractivity contribution in [2.45, 2.75) is 24.4 Å². The standard InChI is InChI=1S/C6H12O6.CH2O3.Ca/c7-1-3(9)5(11)6(12)4(10)2-8;2-1(3)4;/h1,3-6,8-12H,2H2;(H2,2,3,4);/q;;+2/p-2/t3-,4+,5+,6+;;/m0../s1. The Morgan fingerprint density at radius 3 is 1.71 bits per heavy atom. The van der Waals surface area contributed by atoms with Gasteiger partial charge in [0.25, 0.3) is 0 Å². The van der Waals surface area contributed by atoms with Crippen molar-refractivity contribution >= 4 is 50.2 Å². The Labute approximate surface area is 126 Å². The topological polar surface area (TPSA) is 181 Å². The molecule has 0 rings (SSSR count). The quantitative estimate of drug-likeness (QED) is 0.241. The van der Waals surface area contributed by atoms with Gasteiger partial charge in [-0.05, 0) is 6.16 Å². The zero-order valence-electron chi connectivity index (χ0n) is 8.67. The molecule has 96 valence electrons. The molecule has 0 spiro atoms. The van der Waals surface area contributed by atoms with Crippen molar-refractivity contribution in [2.24, 2.45) is 0 Å². The van der Waals surface area contributed by atoms with Crippen LogP contribution in [0.3, 0.4) is 0 Å². The summed E-state index contributed by atoms with van der Waals surface area (Å²) in [7, 11) is 0. The van der Waals surface area contributed by atoms with Gasteiger partial charge in [-0.15, -0.1) is 0 Å². The van der Waals surface area contributed by atoms with E-state index in [1.54, 1.807) is 0 Å². The van der Waals surface area contributed by atoms with E-state index in [1.807, 2.05) is 0 Å². The Balaban J connectivity index is -0.000000340. The number of carbonyl (C=O) groups is 2. The molecule has 0 aromatic heterocycles. The van der Waals surface area contributed by atoms with E-state index in [4.69, 9.17) is 40.5 Å². The largest absolute Gasteiger partial charge is 2.00 e. The molecule has 0 unspecified atom stereocenters. The van der Waals surface area contributed by atoms with Crippen molar-refractivity contribution in [2.75, 3.05) is 6.61 Å². The maximum absolute atomic E-state index is 9.90. The summed E-state index contributed by atoms with van der Waals surface area (Å²) in [6.07, 6.45) is -9.17. The van der Waals surface area contributed by atoms with Gasteiger partial charge in [0.15, 0.2) is 6.29 Å². The maximum atomic E-state index is 9.90. The zero-order valence-corrected chi connectivity index (χ0v) is 10.9. The number of aldehydes is 1. The number of aliphatic hydroxyl groups excluding tert-OH is 5. The van der Waals surface area contributed by atoms with Gasteiger partial charge in [0.1, 0.15) is 24.4 Å². The molecule has 0 aromatic rings. The minimum absolute atomic E-state index is 0. The summed E-state index contributed by atoms with van der Waals surface area (Å²) < 4.78 is 0. The normalized spacial score (nSPS) is 16.3. The molecule has 0 amide bonds. The first-order valence-electron chi connectivity index (χ1n) is 3.94. The molecule has 0 aliphatic rings. The minimum Gasteiger partial charge on any atom is -0.652 e. The van der Waals surface area contributed by atoms with Gasteiger partial charge in [0, 0.05) is 0 Å². The number of aliphatic hydroxyl groups is 5. The molecule has 0 aliphatic heterocycles. The summed E-state index contributed by atoms with van der Waals surface area (Å²) in [5, 5.41) is 60.2. The van der Waals surface area contributed by atoms with Gasteiger partial charge in [-0.3, -0.25) is 0 Å². The van der Waals surface area contributed by atoms with Crippen LogP contribution in [0.25, 0.3) is 0 Å². The van der Waals surface area contributed by atoms with E-state index in [9.17, 15) is 4.79 Å². The van der Waals surface area contributed by atoms with Crippen LogP contribution in [0.5, 0.6) is 0 Å². The zero-order chi connectivity index (χ0) is 13.3. The Morgan fingerprint density at radius 2 is 1.47 bits per heavy atom. The molecule has 0 heterocycles. The van der Waals surface area contributed by atoms with Crippen molar-refractivity contribution in [3.05, 3.63) is 0 Å². The molecule has 0 fully saturated rings. The fourth-order valence-corrected chi connectivity index (χ4v) is 0.618. The molecule has 0 saturated heterocycles. The SMILES string of the molecule is O=C([O-])[O-].O=C[C@H](O)[C@@H](O)[C@H](O)[C@H](O)CO.[Ca+2]. The summed E-state index contributed by atoms with van der Waals surface area (Å²) in [6, 6.07) is 0. The van der Waals surface area contributed by atoms with Gasteiger partial charge in [0.05, 0.1) is 6.61 Å². The van der Waals surface area contributed by atoms with Crippen LogP contribution >= 0.6 is 0 Å². The molecule has 10 heteroatoms. The van der Waals surface area contributed by atoms with Gasteiger partial charge in [-0.1, -0.05) is 0 Å². The third-order valence-corrected chi connectivity index (χ3v) is 1.42. The van der Waals surface area contributed by atoms with Crippen LogP contribution in [-0.2, 0) is 4.79 Å². The second-order valence-corrected chi connectivity index (χ2v) is 2.61. The first kappa shape index (κ1) is 22.2. The number of carbonyl (C=O) groups excluding carboxylic acids is 2. The Morgan fingerprint density at radius 1 is 1.12 bits per heavy atom. The first-order valence-corrected chi connectivity index (χ1v) is 3.94. The Kier molecular flexibility index (Phi) is 16.3. The van der Waals surface area contributed by atoms with Gasteiger partial charge in [0.2, 0.25) is 0 Å². The van der Waals surface area contributed by atoms with E-state index in [1.165, 1.54) is 0 Å². The summed E-state index contributed by atoms with van der Waals surface area (Å²) in [5.74, 6) is 0. The fourth-order valence-electron chi connectivity index (χ4n) is 0.618. The van der Waals surface area contributed by atoms with Gasteiger partial charge < -0.3 is 45.3 Å². The maximum Gasteiger partial charge on any atom is 2.00 e. The van der Waals surface area contributed by atoms with Crippen molar-refractivity contribution in [1.82, 2.24) is 0 Å². The van der Waals surface area contributed by atoms with Crippen LogP contribution in [0.1, 0.15) is 0 Å². The third kappa shape index (κ3) is 12.2. The number of rotatable bonds is 5. The third-order valence-electron chi connectivity index (χ3n) is 1.42. The van der Waals surface area contributed by atoms with Crippen LogP contribution in [0.2, 0.25) is 0 Å². The number of hydrogen-bond acceptors (Lipinski definition) is 9. The predicted molar refractivity (Wildman–Crippen MR) is 48.3 cm³/mol. The van der Waals surface area contributed by atoms with Crippen LogP contribution in [-0.4, -0.2) is 107 Å². The second-order valence-electron chi connectivity index (χ2n) is 2.61. The molecule has 0 aliphatic carbocycles. The Bertz CT molecular complexity index is 208. The summed E-state index contributed by atoms with van der Waals surface area (Å²) in [5.41, 5.74) is 0. The first-order chi connectivity index (χ1) is 7.27. The molecular formula is C7H12CaO9. The van der Waals surface area contributed by atoms with Crippen LogP contribution in [0.15, 0.2) is 0 Å². The van der Waals surface area contributed by atoms with Crippen molar-refractivity contribution in [1.29, 1.82) is 0 Å². The van der Waals surface area contributed by atoms with E-state index in [0.29, 0.717) is 0 Å². The fraction of sp³-hybridized carbons (Fsp3) is 0.714. The van der Waals surface area contributed by atoms with Gasteiger partial charge >= 0.3 is 37.7 Å². The Hall–Kier alpha value is -0.000260. The minimum atomic E-state index is -2.33. The molecule has 0 bridgehead atoms. The number of carboxylic acid groups (broad SMARTS) is 2. The van der Waals surface area contributed by atoms with Crippen molar-refractivity contribution in [3.63, 3.8) is 0 Å². The molecule has 0 radical (unpaired) electrons. The molecule has 0 aromatic carbocycles. The summed E-state index contributed by atoms with van der Waals surface area (Å²) in [6.45, 7) is -0.760. The molecule has 17 heavy (non-hydrogen) atoms. The average Bonchev–Trinajstić information content (AvgIpc) is 2.24. The van der Waals surface area contributed by atoms with Gasteiger partial charge in [-0.2, -0.15) is 0 Å². The number of hydrogen-bond donors (Lipinski definition) is 5. The summed E-state index contributed by atoms with van der Waals surface area (Å²) >= 11 is 0. The van der Waals surface area contributed by atoms with E-state index in [2.05, 4.69) is 0 Å². The van der Waals surface area contributed by atoms with Crippen molar-refractivity contribution in [3.8, 4) is 0 Å². The molecule has 5 N–H and O–H groups in total. The van der Waals surface area contributed by atoms with E-state index < -0.39 is 37.2 Å². The second kappa shape index (κ2) is 12.5. The van der Waals surface area contributed by atoms with Crippen molar-refractivity contribution < 1.29 is 45.3 Å². The summed E-state index contributed by atoms with van der Waals surface area (Å²) in [4.78, 5) is 18.2. The monoisotopic (exact) mass is 280 g/mol. The average molecular weight is 280 g/mol. The molecule has 0 saturated carbocycles. The predicted octanol–water partition coefficient (Wildman–Crippen LogP) is -6.21. The van der Waals surface area contributed by atoms with Gasteiger partial charge in [-0.25, -0.2) is 0 Å². The molecule has 9 nitrogen and oxygen atoms in total. The molecule has 4 atom stereocenters. The smallest absolute Gasteiger partial charge is 0.652 e. The van der Waals surface area contributed by atoms with Crippen LogP contribution in [0.4, 0.5) is 4.79 Å². The van der Waals surface area contributed by atoms with E-state index in [0.717, 1.165) is 0 Å². The van der Waals surface area contributed by atoms with E-state index >= 15 is 0 Å². The van der Waals surface area contributed by atoms with E-state index in [-0.39, 0.29) is 44.0 Å². The van der Waals surface area contributed by atoms with Crippen LogP contribution in [0, 0.1) is 0 Å².